The number of halogens is 1. The van der Waals surface area contributed by atoms with Crippen molar-refractivity contribution >= 4 is 5.91 Å². The average molecular weight is 263 g/mol. The SMILES string of the molecule is COc1ccc(CN(C)C(=O)c2ccoc2)cc1F. The van der Waals surface area contributed by atoms with Crippen molar-refractivity contribution in [2.45, 2.75) is 6.54 Å². The molecule has 0 saturated carbocycles. The minimum absolute atomic E-state index is 0.176. The van der Waals surface area contributed by atoms with Crippen molar-refractivity contribution in [3.8, 4) is 5.75 Å². The van der Waals surface area contributed by atoms with E-state index in [0.29, 0.717) is 17.7 Å². The zero-order valence-corrected chi connectivity index (χ0v) is 10.7. The highest BCUT2D eigenvalue weighted by atomic mass is 19.1. The van der Waals surface area contributed by atoms with Gasteiger partial charge < -0.3 is 14.1 Å². The van der Waals surface area contributed by atoms with Crippen molar-refractivity contribution in [1.29, 1.82) is 0 Å². The first-order valence-corrected chi connectivity index (χ1v) is 5.72. The normalized spacial score (nSPS) is 10.3. The summed E-state index contributed by atoms with van der Waals surface area (Å²) in [5, 5.41) is 0. The fourth-order valence-corrected chi connectivity index (χ4v) is 1.76. The highest BCUT2D eigenvalue weighted by Gasteiger charge is 2.14. The van der Waals surface area contributed by atoms with E-state index in [1.165, 1.54) is 30.6 Å². The molecule has 4 nitrogen and oxygen atoms in total. The van der Waals surface area contributed by atoms with Crippen LogP contribution in [0.4, 0.5) is 4.39 Å². The largest absolute Gasteiger partial charge is 0.494 e. The van der Waals surface area contributed by atoms with E-state index in [9.17, 15) is 9.18 Å². The summed E-state index contributed by atoms with van der Waals surface area (Å²) in [5.41, 5.74) is 1.16. The molecule has 1 aromatic heterocycles. The van der Waals surface area contributed by atoms with Crippen LogP contribution in [0.25, 0.3) is 0 Å². The highest BCUT2D eigenvalue weighted by molar-refractivity contribution is 5.93. The van der Waals surface area contributed by atoms with Gasteiger partial charge in [-0.1, -0.05) is 6.07 Å². The van der Waals surface area contributed by atoms with Gasteiger partial charge in [-0.25, -0.2) is 4.39 Å². The zero-order valence-electron chi connectivity index (χ0n) is 10.7. The van der Waals surface area contributed by atoms with Gasteiger partial charge in [-0.2, -0.15) is 0 Å². The quantitative estimate of drug-likeness (QED) is 0.851. The molecular formula is C14H14FNO3. The Morgan fingerprint density at radius 1 is 1.42 bits per heavy atom. The van der Waals surface area contributed by atoms with E-state index in [2.05, 4.69) is 0 Å². The third-order valence-electron chi connectivity index (χ3n) is 2.75. The van der Waals surface area contributed by atoms with Gasteiger partial charge in [0.2, 0.25) is 0 Å². The molecule has 1 amide bonds. The molecule has 0 N–H and O–H groups in total. The predicted octanol–water partition coefficient (Wildman–Crippen LogP) is 2.70. The Kier molecular flexibility index (Phi) is 3.85. The minimum atomic E-state index is -0.441. The van der Waals surface area contributed by atoms with Gasteiger partial charge in [0.1, 0.15) is 6.26 Å². The molecule has 0 unspecified atom stereocenters. The van der Waals surface area contributed by atoms with Crippen LogP contribution in [-0.4, -0.2) is 25.0 Å². The molecule has 0 aliphatic rings. The first-order chi connectivity index (χ1) is 9.11. The van der Waals surface area contributed by atoms with Gasteiger partial charge in [-0.15, -0.1) is 0 Å². The van der Waals surface area contributed by atoms with Crippen LogP contribution in [0, 0.1) is 5.82 Å². The lowest BCUT2D eigenvalue weighted by Crippen LogP contribution is -2.25. The Morgan fingerprint density at radius 3 is 2.79 bits per heavy atom. The molecule has 2 rings (SSSR count). The number of benzene rings is 1. The van der Waals surface area contributed by atoms with E-state index in [1.807, 2.05) is 0 Å². The lowest BCUT2D eigenvalue weighted by atomic mass is 10.2. The molecule has 1 aromatic carbocycles. The summed E-state index contributed by atoms with van der Waals surface area (Å²) in [7, 11) is 3.06. The van der Waals surface area contributed by atoms with E-state index in [-0.39, 0.29) is 11.7 Å². The number of rotatable bonds is 4. The number of methoxy groups -OCH3 is 1. The van der Waals surface area contributed by atoms with E-state index >= 15 is 0 Å². The van der Waals surface area contributed by atoms with Crippen molar-refractivity contribution in [3.05, 3.63) is 53.7 Å². The van der Waals surface area contributed by atoms with Crippen molar-refractivity contribution in [2.75, 3.05) is 14.2 Å². The maximum Gasteiger partial charge on any atom is 0.257 e. The summed E-state index contributed by atoms with van der Waals surface area (Å²) in [4.78, 5) is 13.5. The minimum Gasteiger partial charge on any atom is -0.494 e. The molecule has 100 valence electrons. The molecular weight excluding hydrogens is 249 g/mol. The standard InChI is InChI=1S/C14H14FNO3/c1-16(14(17)11-5-6-19-9-11)8-10-3-4-13(18-2)12(15)7-10/h3-7,9H,8H2,1-2H3. The van der Waals surface area contributed by atoms with Crippen LogP contribution in [0.3, 0.4) is 0 Å². The molecule has 0 saturated heterocycles. The monoisotopic (exact) mass is 263 g/mol. The molecule has 0 aliphatic carbocycles. The first-order valence-electron chi connectivity index (χ1n) is 5.72. The number of hydrogen-bond donors (Lipinski definition) is 0. The van der Waals surface area contributed by atoms with E-state index < -0.39 is 5.82 Å². The van der Waals surface area contributed by atoms with Crippen LogP contribution in [0.1, 0.15) is 15.9 Å². The smallest absolute Gasteiger partial charge is 0.257 e. The first kappa shape index (κ1) is 13.1. The van der Waals surface area contributed by atoms with E-state index in [0.717, 1.165) is 0 Å². The van der Waals surface area contributed by atoms with Gasteiger partial charge >= 0.3 is 0 Å². The number of furan rings is 1. The second kappa shape index (κ2) is 5.56. The Morgan fingerprint density at radius 2 is 2.21 bits per heavy atom. The van der Waals surface area contributed by atoms with Crippen LogP contribution >= 0.6 is 0 Å². The number of nitrogens with zero attached hydrogens (tertiary/aromatic N) is 1. The Labute approximate surface area is 110 Å². The van der Waals surface area contributed by atoms with Gasteiger partial charge in [0.15, 0.2) is 11.6 Å². The third-order valence-corrected chi connectivity index (χ3v) is 2.75. The molecule has 0 spiro atoms. The fourth-order valence-electron chi connectivity index (χ4n) is 1.76. The summed E-state index contributed by atoms with van der Waals surface area (Å²) >= 11 is 0. The van der Waals surface area contributed by atoms with Crippen LogP contribution in [0.15, 0.2) is 41.2 Å². The van der Waals surface area contributed by atoms with Gasteiger partial charge in [0.25, 0.3) is 5.91 Å². The Hall–Kier alpha value is -2.30. The summed E-state index contributed by atoms with van der Waals surface area (Å²) in [6, 6.07) is 6.22. The van der Waals surface area contributed by atoms with Gasteiger partial charge in [-0.3, -0.25) is 4.79 Å². The fraction of sp³-hybridized carbons (Fsp3) is 0.214. The van der Waals surface area contributed by atoms with Crippen LogP contribution in [-0.2, 0) is 6.54 Å². The number of hydrogen-bond acceptors (Lipinski definition) is 3. The summed E-state index contributed by atoms with van der Waals surface area (Å²) in [6.45, 7) is 0.310. The maximum absolute atomic E-state index is 13.5. The van der Waals surface area contributed by atoms with Gasteiger partial charge in [0, 0.05) is 13.6 Å². The number of carbonyl (C=O) groups excluding carboxylic acids is 1. The molecule has 0 aliphatic heterocycles. The lowest BCUT2D eigenvalue weighted by Gasteiger charge is -2.16. The third kappa shape index (κ3) is 2.93. The molecule has 5 heteroatoms. The maximum atomic E-state index is 13.5. The topological polar surface area (TPSA) is 42.7 Å². The number of carbonyl (C=O) groups is 1. The molecule has 0 bridgehead atoms. The number of amides is 1. The van der Waals surface area contributed by atoms with Crippen LogP contribution in [0.2, 0.25) is 0 Å². The molecule has 0 fully saturated rings. The lowest BCUT2D eigenvalue weighted by molar-refractivity contribution is 0.0784. The molecule has 1 heterocycles. The van der Waals surface area contributed by atoms with Crippen molar-refractivity contribution in [1.82, 2.24) is 4.90 Å². The van der Waals surface area contributed by atoms with Gasteiger partial charge in [-0.05, 0) is 23.8 Å². The Balaban J connectivity index is 2.08. The predicted molar refractivity (Wildman–Crippen MR) is 67.5 cm³/mol. The van der Waals surface area contributed by atoms with Crippen molar-refractivity contribution in [2.24, 2.45) is 0 Å². The summed E-state index contributed by atoms with van der Waals surface area (Å²) in [6.07, 6.45) is 2.82. The number of ether oxygens (including phenoxy) is 1. The van der Waals surface area contributed by atoms with E-state index in [1.54, 1.807) is 25.2 Å². The van der Waals surface area contributed by atoms with E-state index in [4.69, 9.17) is 9.15 Å². The second-order valence-corrected chi connectivity index (χ2v) is 4.14. The summed E-state index contributed by atoms with van der Waals surface area (Å²) in [5.74, 6) is -0.429. The van der Waals surface area contributed by atoms with Crippen LogP contribution in [0.5, 0.6) is 5.75 Å². The average Bonchev–Trinajstić information content (AvgIpc) is 2.92. The highest BCUT2D eigenvalue weighted by Crippen LogP contribution is 2.19. The zero-order chi connectivity index (χ0) is 13.8. The van der Waals surface area contributed by atoms with Crippen LogP contribution < -0.4 is 4.74 Å². The molecule has 2 aromatic rings. The van der Waals surface area contributed by atoms with Crippen molar-refractivity contribution in [3.63, 3.8) is 0 Å². The molecule has 0 atom stereocenters. The second-order valence-electron chi connectivity index (χ2n) is 4.14. The summed E-state index contributed by atoms with van der Waals surface area (Å²) < 4.78 is 23.2. The van der Waals surface area contributed by atoms with Gasteiger partial charge in [0.05, 0.1) is 18.9 Å². The van der Waals surface area contributed by atoms with Crippen molar-refractivity contribution < 1.29 is 18.3 Å². The molecule has 19 heavy (non-hydrogen) atoms. The Bertz CT molecular complexity index is 566. The molecule has 0 radical (unpaired) electrons.